The van der Waals surface area contributed by atoms with E-state index < -0.39 is 5.55 Å². The van der Waals surface area contributed by atoms with Crippen LogP contribution in [0.15, 0.2) is 30.3 Å². The van der Waals surface area contributed by atoms with Gasteiger partial charge in [-0.25, -0.2) is 0 Å². The van der Waals surface area contributed by atoms with Gasteiger partial charge in [0.1, 0.15) is 0 Å². The first-order valence-corrected chi connectivity index (χ1v) is 11.3. The second-order valence-electron chi connectivity index (χ2n) is 5.21. The lowest BCUT2D eigenvalue weighted by Gasteiger charge is -2.19. The predicted molar refractivity (Wildman–Crippen MR) is 88.3 cm³/mol. The number of hydrogen-bond donors (Lipinski definition) is 0. The molecule has 0 unspecified atom stereocenters. The maximum absolute atomic E-state index is 13.1. The molecule has 4 heteroatoms. The Hall–Kier alpha value is 0.150. The van der Waals surface area contributed by atoms with Gasteiger partial charge in [0.15, 0.2) is 0 Å². The molecule has 0 heterocycles. The first-order valence-electron chi connectivity index (χ1n) is 6.39. The van der Waals surface area contributed by atoms with Crippen LogP contribution in [0.4, 0.5) is 0 Å². The van der Waals surface area contributed by atoms with Crippen LogP contribution in [-0.2, 0) is 4.57 Å². The third-order valence-corrected chi connectivity index (χ3v) is 11.6. The maximum Gasteiger partial charge on any atom is 0.219 e. The van der Waals surface area contributed by atoms with Crippen molar-refractivity contribution in [3.63, 3.8) is 0 Å². The van der Waals surface area contributed by atoms with Crippen molar-refractivity contribution < 1.29 is 4.57 Å². The lowest BCUT2D eigenvalue weighted by molar-refractivity contribution is 0.598. The highest BCUT2D eigenvalue weighted by Gasteiger charge is 2.26. The van der Waals surface area contributed by atoms with Gasteiger partial charge in [-0.3, -0.25) is 4.57 Å². The summed E-state index contributed by atoms with van der Waals surface area (Å²) in [6.07, 6.45) is 0. The second kappa shape index (κ2) is 7.67. The Bertz CT molecular complexity index is 374. The van der Waals surface area contributed by atoms with Gasteiger partial charge in [-0.15, -0.1) is 0 Å². The van der Waals surface area contributed by atoms with Gasteiger partial charge < -0.3 is 0 Å². The van der Waals surface area contributed by atoms with Gasteiger partial charge in [-0.2, -0.15) is 0 Å². The molecule has 0 spiro atoms. The lowest BCUT2D eigenvalue weighted by Crippen LogP contribution is -2.03. The van der Waals surface area contributed by atoms with Crippen LogP contribution in [0.5, 0.6) is 0 Å². The molecule has 0 atom stereocenters. The molecule has 0 saturated heterocycles. The third kappa shape index (κ3) is 5.42. The average Bonchev–Trinajstić information content (AvgIpc) is 2.35. The monoisotopic (exact) mass is 302 g/mol. The minimum Gasteiger partial charge on any atom is -0.295 e. The van der Waals surface area contributed by atoms with Crippen molar-refractivity contribution >= 4 is 33.6 Å². The second-order valence-corrected chi connectivity index (χ2v) is 13.2. The number of hydrogen-bond acceptors (Lipinski definition) is 3. The van der Waals surface area contributed by atoms with Crippen LogP contribution in [0, 0.1) is 11.8 Å². The Labute approximate surface area is 119 Å². The molecule has 102 valence electrons. The standard InChI is InChI=1S/C14H23OPS2/c1-12(2)10-17-16(15,18-11-13(3)4)14-8-6-5-7-9-14/h5-9,12-13H,10-11H2,1-4H3. The number of rotatable bonds is 7. The molecular formula is C14H23OPS2. The average molecular weight is 302 g/mol. The molecule has 0 bridgehead atoms. The SMILES string of the molecule is CC(C)CSP(=O)(SCC(C)C)c1ccccc1. The van der Waals surface area contributed by atoms with Crippen molar-refractivity contribution in [2.75, 3.05) is 11.5 Å². The van der Waals surface area contributed by atoms with E-state index in [4.69, 9.17) is 0 Å². The van der Waals surface area contributed by atoms with Crippen LogP contribution < -0.4 is 5.30 Å². The fraction of sp³-hybridized carbons (Fsp3) is 0.571. The van der Waals surface area contributed by atoms with Crippen LogP contribution in [0.2, 0.25) is 0 Å². The Morgan fingerprint density at radius 1 is 0.944 bits per heavy atom. The summed E-state index contributed by atoms with van der Waals surface area (Å²) in [4.78, 5) is 0. The van der Waals surface area contributed by atoms with Crippen molar-refractivity contribution in [1.82, 2.24) is 0 Å². The normalized spacial score (nSPS) is 12.3. The van der Waals surface area contributed by atoms with Gasteiger partial charge >= 0.3 is 0 Å². The van der Waals surface area contributed by atoms with E-state index in [1.165, 1.54) is 0 Å². The van der Waals surface area contributed by atoms with E-state index in [0.29, 0.717) is 11.8 Å². The summed E-state index contributed by atoms with van der Waals surface area (Å²) in [6, 6.07) is 9.94. The molecule has 0 radical (unpaired) electrons. The van der Waals surface area contributed by atoms with Gasteiger partial charge in [0.05, 0.1) is 0 Å². The summed E-state index contributed by atoms with van der Waals surface area (Å²) >= 11 is 3.29. The molecule has 0 fully saturated rings. The highest BCUT2D eigenvalue weighted by Crippen LogP contribution is 2.68. The molecule has 1 nitrogen and oxygen atoms in total. The first-order chi connectivity index (χ1) is 8.44. The van der Waals surface area contributed by atoms with Gasteiger partial charge in [-0.1, -0.05) is 68.7 Å². The Morgan fingerprint density at radius 3 is 1.78 bits per heavy atom. The summed E-state index contributed by atoms with van der Waals surface area (Å²) in [7, 11) is 0. The summed E-state index contributed by atoms with van der Waals surface area (Å²) in [6.45, 7) is 8.70. The topological polar surface area (TPSA) is 17.1 Å². The van der Waals surface area contributed by atoms with Crippen molar-refractivity contribution in [2.24, 2.45) is 11.8 Å². The van der Waals surface area contributed by atoms with E-state index >= 15 is 0 Å². The van der Waals surface area contributed by atoms with Crippen LogP contribution in [-0.4, -0.2) is 11.5 Å². The highest BCUT2D eigenvalue weighted by molar-refractivity contribution is 8.92. The maximum atomic E-state index is 13.1. The smallest absolute Gasteiger partial charge is 0.219 e. The Morgan fingerprint density at radius 2 is 1.39 bits per heavy atom. The number of benzene rings is 1. The molecule has 0 saturated carbocycles. The lowest BCUT2D eigenvalue weighted by atomic mass is 10.3. The zero-order valence-corrected chi connectivity index (χ0v) is 14.2. The summed E-state index contributed by atoms with van der Waals surface area (Å²) in [5.74, 6) is 3.06. The van der Waals surface area contributed by atoms with Crippen LogP contribution >= 0.6 is 28.3 Å². The quantitative estimate of drug-likeness (QED) is 0.638. The molecule has 18 heavy (non-hydrogen) atoms. The molecule has 0 aliphatic rings. The highest BCUT2D eigenvalue weighted by atomic mass is 33.1. The molecule has 0 amide bonds. The van der Waals surface area contributed by atoms with Gasteiger partial charge in [0.2, 0.25) is 5.55 Å². The molecule has 0 aliphatic carbocycles. The van der Waals surface area contributed by atoms with E-state index in [9.17, 15) is 4.57 Å². The van der Waals surface area contributed by atoms with Crippen LogP contribution in [0.1, 0.15) is 27.7 Å². The molecule has 1 aromatic rings. The first kappa shape index (κ1) is 16.2. The van der Waals surface area contributed by atoms with Crippen molar-refractivity contribution in [1.29, 1.82) is 0 Å². The summed E-state index contributed by atoms with van der Waals surface area (Å²) in [5.41, 5.74) is -2.35. The van der Waals surface area contributed by atoms with E-state index in [0.717, 1.165) is 16.8 Å². The zero-order valence-electron chi connectivity index (χ0n) is 11.6. The molecule has 0 aliphatic heterocycles. The largest absolute Gasteiger partial charge is 0.295 e. The minimum absolute atomic E-state index is 0.576. The Kier molecular flexibility index (Phi) is 6.90. The van der Waals surface area contributed by atoms with E-state index in [1.807, 2.05) is 30.3 Å². The molecular weight excluding hydrogens is 279 g/mol. The van der Waals surface area contributed by atoms with Crippen LogP contribution in [0.25, 0.3) is 0 Å². The third-order valence-electron chi connectivity index (χ3n) is 2.23. The summed E-state index contributed by atoms with van der Waals surface area (Å²) in [5, 5.41) is 1.00. The van der Waals surface area contributed by atoms with Crippen molar-refractivity contribution in [3.8, 4) is 0 Å². The Balaban J connectivity index is 2.83. The predicted octanol–water partition coefficient (Wildman–Crippen LogP) is 5.28. The van der Waals surface area contributed by atoms with Gasteiger partial charge in [0.25, 0.3) is 0 Å². The van der Waals surface area contributed by atoms with Gasteiger partial charge in [0, 0.05) is 16.8 Å². The van der Waals surface area contributed by atoms with Crippen molar-refractivity contribution in [2.45, 2.75) is 27.7 Å². The van der Waals surface area contributed by atoms with E-state index in [2.05, 4.69) is 27.7 Å². The van der Waals surface area contributed by atoms with Gasteiger partial charge in [-0.05, 0) is 24.0 Å². The molecule has 1 aromatic carbocycles. The molecule has 1 rings (SSSR count). The van der Waals surface area contributed by atoms with E-state index in [1.54, 1.807) is 22.8 Å². The zero-order chi connectivity index (χ0) is 13.6. The van der Waals surface area contributed by atoms with E-state index in [-0.39, 0.29) is 0 Å². The fourth-order valence-corrected chi connectivity index (χ4v) is 9.77. The molecule has 0 aromatic heterocycles. The van der Waals surface area contributed by atoms with Crippen LogP contribution in [0.3, 0.4) is 0 Å². The summed E-state index contributed by atoms with van der Waals surface area (Å²) < 4.78 is 13.1. The minimum atomic E-state index is -2.35. The van der Waals surface area contributed by atoms with Crippen molar-refractivity contribution in [3.05, 3.63) is 30.3 Å². The fourth-order valence-electron chi connectivity index (χ4n) is 1.29. The molecule has 0 N–H and O–H groups in total.